The van der Waals surface area contributed by atoms with Gasteiger partial charge in [0.1, 0.15) is 13.2 Å². The van der Waals surface area contributed by atoms with Gasteiger partial charge in [-0.1, -0.05) is 13.2 Å². The highest BCUT2D eigenvalue weighted by Crippen LogP contribution is 1.92. The molecule has 0 heterocycles. The molecule has 0 rings (SSSR count). The molecule has 0 amide bonds. The first kappa shape index (κ1) is 20.7. The monoisotopic (exact) mass is 302 g/mol. The quantitative estimate of drug-likeness (QED) is 0.497. The van der Waals surface area contributed by atoms with Crippen LogP contribution in [0, 0.1) is 0 Å². The fourth-order valence-corrected chi connectivity index (χ4v) is 0.652. The van der Waals surface area contributed by atoms with Crippen molar-refractivity contribution in [2.24, 2.45) is 0 Å². The Hall–Kier alpha value is -2.64. The maximum atomic E-state index is 10.6. The average molecular weight is 302 g/mol. The second kappa shape index (κ2) is 12.4. The van der Waals surface area contributed by atoms with Crippen molar-refractivity contribution in [3.05, 3.63) is 24.8 Å². The van der Waals surface area contributed by atoms with Gasteiger partial charge in [0, 0.05) is 11.6 Å². The number of rotatable bonds is 8. The molecule has 0 bridgehead atoms. The Labute approximate surface area is 121 Å². The number of carboxylic acids is 2. The van der Waals surface area contributed by atoms with Gasteiger partial charge in [0.15, 0.2) is 0 Å². The van der Waals surface area contributed by atoms with Crippen LogP contribution in [0.2, 0.25) is 0 Å². The van der Waals surface area contributed by atoms with E-state index in [1.165, 1.54) is 6.92 Å². The van der Waals surface area contributed by atoms with Crippen molar-refractivity contribution >= 4 is 23.9 Å². The molecule has 0 fully saturated rings. The predicted molar refractivity (Wildman–Crippen MR) is 71.4 cm³/mol. The lowest BCUT2D eigenvalue weighted by atomic mass is 10.4. The summed E-state index contributed by atoms with van der Waals surface area (Å²) in [5.74, 6) is -3.12. The molecule has 0 aromatic heterocycles. The summed E-state index contributed by atoms with van der Waals surface area (Å²) in [7, 11) is 0. The summed E-state index contributed by atoms with van der Waals surface area (Å²) < 4.78 is 8.86. The fraction of sp³-hybridized carbons (Fsp3) is 0.385. The highest BCUT2D eigenvalue weighted by molar-refractivity contribution is 5.87. The zero-order valence-electron chi connectivity index (χ0n) is 11.7. The molecule has 118 valence electrons. The number of carboxylic acid groups (broad SMARTS) is 2. The summed E-state index contributed by atoms with van der Waals surface area (Å²) in [4.78, 5) is 40.7. The number of ether oxygens (including phenoxy) is 2. The van der Waals surface area contributed by atoms with Crippen LogP contribution in [0.15, 0.2) is 24.8 Å². The molecule has 0 radical (unpaired) electrons. The van der Waals surface area contributed by atoms with Gasteiger partial charge in [0.25, 0.3) is 0 Å². The van der Waals surface area contributed by atoms with E-state index in [1.54, 1.807) is 0 Å². The third-order valence-electron chi connectivity index (χ3n) is 1.62. The van der Waals surface area contributed by atoms with Crippen LogP contribution >= 0.6 is 0 Å². The van der Waals surface area contributed by atoms with Crippen LogP contribution in [-0.2, 0) is 28.7 Å². The Kier molecular flexibility index (Phi) is 12.2. The van der Waals surface area contributed by atoms with Crippen molar-refractivity contribution < 1.29 is 38.9 Å². The first-order valence-corrected chi connectivity index (χ1v) is 5.76. The van der Waals surface area contributed by atoms with Crippen molar-refractivity contribution in [1.29, 1.82) is 0 Å². The summed E-state index contributed by atoms with van der Waals surface area (Å²) in [5.41, 5.74) is 0.274. The summed E-state index contributed by atoms with van der Waals surface area (Å²) in [6.45, 7) is 7.78. The molecular weight excluding hydrogens is 284 g/mol. The Morgan fingerprint density at radius 2 is 1.43 bits per heavy atom. The van der Waals surface area contributed by atoms with Crippen LogP contribution in [0.25, 0.3) is 0 Å². The van der Waals surface area contributed by atoms with Crippen molar-refractivity contribution in [2.45, 2.75) is 19.8 Å². The smallest absolute Gasteiger partial charge is 0.333 e. The third-order valence-corrected chi connectivity index (χ3v) is 1.62. The van der Waals surface area contributed by atoms with Crippen molar-refractivity contribution in [2.75, 3.05) is 13.2 Å². The number of carbonyl (C=O) groups is 4. The second-order valence-corrected chi connectivity index (χ2v) is 3.58. The second-order valence-electron chi connectivity index (χ2n) is 3.58. The lowest BCUT2D eigenvalue weighted by molar-refractivity contribution is -0.145. The molecule has 0 aliphatic rings. The minimum atomic E-state index is -0.989. The van der Waals surface area contributed by atoms with Gasteiger partial charge in [-0.05, 0) is 6.92 Å². The standard InChI is InChI=1S/C7H10O4.C6H8O4/c1-5(2)7(10)11-4-3-6(8)9;1-2-6(9)10-4-3-5(7)8/h1,3-4H2,2H3,(H,8,9);2H,1,3-4H2,(H,7,8). The molecule has 0 spiro atoms. The van der Waals surface area contributed by atoms with Crippen molar-refractivity contribution in [3.63, 3.8) is 0 Å². The average Bonchev–Trinajstić information content (AvgIpc) is 2.38. The summed E-state index contributed by atoms with van der Waals surface area (Å²) in [6.07, 6.45) is 0.653. The van der Waals surface area contributed by atoms with Crippen molar-refractivity contribution in [1.82, 2.24) is 0 Å². The minimum absolute atomic E-state index is 0.0962. The number of hydrogen-bond donors (Lipinski definition) is 2. The molecule has 0 saturated heterocycles. The topological polar surface area (TPSA) is 127 Å². The molecule has 2 N–H and O–H groups in total. The van der Waals surface area contributed by atoms with Crippen LogP contribution in [0.5, 0.6) is 0 Å². The van der Waals surface area contributed by atoms with Gasteiger partial charge >= 0.3 is 23.9 Å². The Bertz CT molecular complexity index is 410. The molecular formula is C13H18O8. The van der Waals surface area contributed by atoms with Gasteiger partial charge in [-0.2, -0.15) is 0 Å². The number of carbonyl (C=O) groups excluding carboxylic acids is 2. The van der Waals surface area contributed by atoms with Crippen LogP contribution in [-0.4, -0.2) is 47.3 Å². The van der Waals surface area contributed by atoms with Gasteiger partial charge in [-0.25, -0.2) is 9.59 Å². The molecule has 8 nitrogen and oxygen atoms in total. The summed E-state index contributed by atoms with van der Waals surface area (Å²) >= 11 is 0. The molecule has 8 heteroatoms. The minimum Gasteiger partial charge on any atom is -0.481 e. The SMILES string of the molecule is C=C(C)C(=O)OCCC(=O)O.C=CC(=O)OCCC(=O)O. The highest BCUT2D eigenvalue weighted by atomic mass is 16.5. The maximum Gasteiger partial charge on any atom is 0.333 e. The summed E-state index contributed by atoms with van der Waals surface area (Å²) in [6, 6.07) is 0. The molecule has 0 unspecified atom stereocenters. The van der Waals surface area contributed by atoms with E-state index >= 15 is 0 Å². The van der Waals surface area contributed by atoms with E-state index in [9.17, 15) is 19.2 Å². The lowest BCUT2D eigenvalue weighted by Crippen LogP contribution is -2.09. The van der Waals surface area contributed by atoms with Crippen LogP contribution < -0.4 is 0 Å². The molecule has 0 atom stereocenters. The molecule has 0 aromatic rings. The van der Waals surface area contributed by atoms with Crippen LogP contribution in [0.1, 0.15) is 19.8 Å². The van der Waals surface area contributed by atoms with Crippen LogP contribution in [0.4, 0.5) is 0 Å². The molecule has 0 saturated carbocycles. The van der Waals surface area contributed by atoms with E-state index in [1.807, 2.05) is 0 Å². The normalized spacial score (nSPS) is 8.62. The molecule has 0 aliphatic carbocycles. The zero-order chi connectivity index (χ0) is 16.8. The predicted octanol–water partition coefficient (Wildman–Crippen LogP) is 0.771. The van der Waals surface area contributed by atoms with E-state index in [0.29, 0.717) is 0 Å². The third kappa shape index (κ3) is 17.4. The first-order chi connectivity index (χ1) is 9.70. The maximum absolute atomic E-state index is 10.6. The van der Waals surface area contributed by atoms with Gasteiger partial charge in [-0.15, -0.1) is 0 Å². The number of aliphatic carboxylic acids is 2. The Morgan fingerprint density at radius 1 is 1.00 bits per heavy atom. The Morgan fingerprint density at radius 3 is 1.76 bits per heavy atom. The largest absolute Gasteiger partial charge is 0.481 e. The van der Waals surface area contributed by atoms with E-state index in [0.717, 1.165) is 6.08 Å². The highest BCUT2D eigenvalue weighted by Gasteiger charge is 2.03. The van der Waals surface area contributed by atoms with Gasteiger partial charge in [0.05, 0.1) is 12.8 Å². The van der Waals surface area contributed by atoms with Gasteiger partial charge in [0.2, 0.25) is 0 Å². The van der Waals surface area contributed by atoms with Crippen LogP contribution in [0.3, 0.4) is 0 Å². The Balaban J connectivity index is 0. The number of esters is 2. The molecule has 21 heavy (non-hydrogen) atoms. The molecule has 0 aliphatic heterocycles. The van der Waals surface area contributed by atoms with E-state index in [2.05, 4.69) is 22.6 Å². The fourth-order valence-electron chi connectivity index (χ4n) is 0.652. The van der Waals surface area contributed by atoms with E-state index < -0.39 is 23.9 Å². The zero-order valence-corrected chi connectivity index (χ0v) is 11.7. The molecule has 0 aromatic carbocycles. The van der Waals surface area contributed by atoms with E-state index in [4.69, 9.17) is 10.2 Å². The first-order valence-electron chi connectivity index (χ1n) is 5.76. The van der Waals surface area contributed by atoms with Gasteiger partial charge < -0.3 is 19.7 Å². The van der Waals surface area contributed by atoms with Crippen molar-refractivity contribution in [3.8, 4) is 0 Å². The lowest BCUT2D eigenvalue weighted by Gasteiger charge is -2.00. The van der Waals surface area contributed by atoms with Gasteiger partial charge in [-0.3, -0.25) is 9.59 Å². The van der Waals surface area contributed by atoms with E-state index in [-0.39, 0.29) is 31.6 Å². The summed E-state index contributed by atoms with van der Waals surface area (Å²) in [5, 5.41) is 16.2. The number of hydrogen-bond acceptors (Lipinski definition) is 6.